The molecule has 27 heteroatoms. The molecule has 1 aliphatic heterocycles. The highest BCUT2D eigenvalue weighted by Crippen LogP contribution is 2.61. The van der Waals surface area contributed by atoms with Crippen LogP contribution in [0.5, 0.6) is 0 Å². The first-order valence-electron chi connectivity index (χ1n) is 13.7. The maximum absolute atomic E-state index is 12.6. The largest absolute Gasteiger partial charge is 0.481 e. The van der Waals surface area contributed by atoms with E-state index in [1.807, 2.05) is 0 Å². The Balaban J connectivity index is 1.61. The molecule has 2 aromatic rings. The number of hydrogen-bond donors (Lipinski definition) is 10. The van der Waals surface area contributed by atoms with Crippen molar-refractivity contribution in [3.8, 4) is 0 Å². The summed E-state index contributed by atoms with van der Waals surface area (Å²) in [6.45, 7) is 0.723. The van der Waals surface area contributed by atoms with E-state index in [1.54, 1.807) is 0 Å². The Morgan fingerprint density at radius 3 is 2.42 bits per heavy atom. The first-order chi connectivity index (χ1) is 22.2. The van der Waals surface area contributed by atoms with Crippen molar-refractivity contribution < 1.29 is 75.7 Å². The summed E-state index contributed by atoms with van der Waals surface area (Å²) < 4.78 is 61.7. The predicted octanol–water partition coefficient (Wildman–Crippen LogP) is -1.67. The number of imidazole rings is 1. The van der Waals surface area contributed by atoms with Gasteiger partial charge >= 0.3 is 23.5 Å². The molecule has 0 aliphatic carbocycles. The minimum atomic E-state index is -5.54. The van der Waals surface area contributed by atoms with Gasteiger partial charge in [-0.15, -0.1) is 0 Å². The zero-order valence-corrected chi connectivity index (χ0v) is 28.8. The minimum Gasteiger partial charge on any atom is -0.386 e. The van der Waals surface area contributed by atoms with Gasteiger partial charge in [-0.2, -0.15) is 16.9 Å². The first kappa shape index (κ1) is 40.3. The monoisotopic (exact) mass is 767 g/mol. The number of nitrogens with two attached hydrogens (primary N) is 1. The second-order valence-electron chi connectivity index (χ2n) is 10.8. The van der Waals surface area contributed by atoms with Crippen LogP contribution in [-0.4, -0.2) is 118 Å². The molecule has 0 spiro atoms. The van der Waals surface area contributed by atoms with E-state index in [0.717, 1.165) is 17.2 Å². The van der Waals surface area contributed by atoms with Crippen LogP contribution in [0.2, 0.25) is 0 Å². The van der Waals surface area contributed by atoms with Crippen LogP contribution in [0.4, 0.5) is 5.82 Å². The van der Waals surface area contributed by atoms with Crippen molar-refractivity contribution in [2.75, 3.05) is 37.8 Å². The van der Waals surface area contributed by atoms with Crippen molar-refractivity contribution >= 4 is 64.9 Å². The molecule has 3 heterocycles. The van der Waals surface area contributed by atoms with E-state index in [4.69, 9.17) is 19.5 Å². The number of thiol groups is 1. The van der Waals surface area contributed by atoms with E-state index in [0.29, 0.717) is 12.3 Å². The van der Waals surface area contributed by atoms with E-state index in [2.05, 4.69) is 47.0 Å². The van der Waals surface area contributed by atoms with E-state index >= 15 is 0 Å². The number of amides is 2. The summed E-state index contributed by atoms with van der Waals surface area (Å²) in [4.78, 5) is 74.6. The van der Waals surface area contributed by atoms with E-state index < -0.39 is 78.6 Å². The predicted molar refractivity (Wildman–Crippen MR) is 163 cm³/mol. The van der Waals surface area contributed by atoms with Gasteiger partial charge in [0.2, 0.25) is 11.8 Å². The van der Waals surface area contributed by atoms with Crippen molar-refractivity contribution in [3.05, 3.63) is 12.7 Å². The average Bonchev–Trinajstić information content (AvgIpc) is 3.54. The van der Waals surface area contributed by atoms with Gasteiger partial charge in [0.25, 0.3) is 0 Å². The molecule has 1 aliphatic rings. The molecule has 3 unspecified atom stereocenters. The third-order valence-corrected chi connectivity index (χ3v) is 9.83. The number of nitrogen functional groups attached to an aromatic ring is 1. The topological polar surface area (TPSA) is 347 Å². The fourth-order valence-electron chi connectivity index (χ4n) is 4.14. The molecule has 2 aromatic heterocycles. The highest BCUT2D eigenvalue weighted by molar-refractivity contribution is 7.80. The molecule has 48 heavy (non-hydrogen) atoms. The first-order valence-corrected chi connectivity index (χ1v) is 18.8. The standard InChI is InChI=1S/C21H36N7O16P3S/c1-21(2,16(31)19(32)24-4-3-12(29)23-5-6-48)8-41-47(38,39)44-46(36,37)40-7-11-15(43-45(33,34)35)14(30)20(42-11)28-10-27-13-17(22)25-9-26-18(13)28/h9-11,14-16,20,30-31,48H,3-8H2,1-2H3,(H,23,29)(H,24,32)(H,36,37)(H,38,39)(H2,22,25,26)(H2,33,34,35)/t11?,14-,15-,16+,20-/m1/s1. The molecule has 0 radical (unpaired) electrons. The number of ether oxygens (including phenoxy) is 1. The average molecular weight is 768 g/mol. The quantitative estimate of drug-likeness (QED) is 0.0599. The number of fused-ring (bicyclic) bond motifs is 1. The van der Waals surface area contributed by atoms with Crippen LogP contribution in [0.1, 0.15) is 26.5 Å². The molecule has 10 N–H and O–H groups in total. The van der Waals surface area contributed by atoms with Crippen LogP contribution in [0.25, 0.3) is 11.2 Å². The number of aromatic nitrogens is 4. The smallest absolute Gasteiger partial charge is 0.386 e. The number of anilines is 1. The number of carbonyl (C=O) groups excluding carboxylic acids is 2. The van der Waals surface area contributed by atoms with Gasteiger partial charge in [0, 0.05) is 30.7 Å². The Hall–Kier alpha value is -2.11. The van der Waals surface area contributed by atoms with Gasteiger partial charge in [-0.3, -0.25) is 27.7 Å². The molecule has 0 aromatic carbocycles. The highest BCUT2D eigenvalue weighted by Gasteiger charge is 2.50. The van der Waals surface area contributed by atoms with Crippen molar-refractivity contribution in [3.63, 3.8) is 0 Å². The zero-order valence-electron chi connectivity index (χ0n) is 25.2. The molecule has 1 fully saturated rings. The summed E-state index contributed by atoms with van der Waals surface area (Å²) in [7, 11) is -16.3. The Kier molecular flexibility index (Phi) is 13.7. The lowest BCUT2D eigenvalue weighted by molar-refractivity contribution is -0.137. The number of phosphoric ester groups is 3. The summed E-state index contributed by atoms with van der Waals surface area (Å²) in [6.07, 6.45) is -6.74. The minimum absolute atomic E-state index is 0.0363. The zero-order chi connectivity index (χ0) is 36.1. The summed E-state index contributed by atoms with van der Waals surface area (Å²) in [6, 6.07) is 0. The fraction of sp³-hybridized carbons (Fsp3) is 0.667. The van der Waals surface area contributed by atoms with Crippen LogP contribution in [0, 0.1) is 5.41 Å². The number of rotatable bonds is 18. The molecule has 7 atom stereocenters. The summed E-state index contributed by atoms with van der Waals surface area (Å²) in [5.41, 5.74) is 4.30. The maximum Gasteiger partial charge on any atom is 0.481 e. The second kappa shape index (κ2) is 16.3. The third kappa shape index (κ3) is 11.2. The van der Waals surface area contributed by atoms with Gasteiger partial charge in [0.05, 0.1) is 19.5 Å². The maximum atomic E-state index is 12.6. The lowest BCUT2D eigenvalue weighted by atomic mass is 9.87. The van der Waals surface area contributed by atoms with Gasteiger partial charge < -0.3 is 50.9 Å². The van der Waals surface area contributed by atoms with Crippen LogP contribution >= 0.6 is 36.1 Å². The van der Waals surface area contributed by atoms with Gasteiger partial charge in [0.1, 0.15) is 36.3 Å². The number of nitrogens with zero attached hydrogens (tertiary/aromatic N) is 4. The van der Waals surface area contributed by atoms with Crippen molar-refractivity contribution in [1.29, 1.82) is 0 Å². The molecular weight excluding hydrogens is 731 g/mol. The number of aliphatic hydroxyl groups excluding tert-OH is 2. The third-order valence-electron chi connectivity index (χ3n) is 6.51. The van der Waals surface area contributed by atoms with Crippen molar-refractivity contribution in [2.24, 2.45) is 5.41 Å². The van der Waals surface area contributed by atoms with Crippen LogP contribution in [0.15, 0.2) is 12.7 Å². The fourth-order valence-corrected chi connectivity index (χ4v) is 7.08. The Morgan fingerprint density at radius 2 is 1.77 bits per heavy atom. The SMILES string of the molecule is CC(C)(COP(=O)(O)OP(=O)(O)OCC1O[C@@H](n2cnc3c(N)ncnc32)[C@H](O)[C@@H]1OP(=O)(O)O)[C@@H](O)C(=O)NCCC(=O)NCCS. The van der Waals surface area contributed by atoms with Gasteiger partial charge in [-0.25, -0.2) is 28.6 Å². The number of hydrogen-bond acceptors (Lipinski definition) is 17. The second-order valence-corrected chi connectivity index (χ2v) is 15.5. The number of aliphatic hydroxyl groups is 2. The molecule has 0 saturated carbocycles. The molecule has 23 nitrogen and oxygen atoms in total. The van der Waals surface area contributed by atoms with Gasteiger partial charge in [0.15, 0.2) is 17.7 Å². The summed E-state index contributed by atoms with van der Waals surface area (Å²) in [5, 5.41) is 26.1. The lowest BCUT2D eigenvalue weighted by Gasteiger charge is -2.30. The van der Waals surface area contributed by atoms with E-state index in [-0.39, 0.29) is 35.9 Å². The number of nitrogens with one attached hydrogen (secondary N) is 2. The molecular formula is C21H36N7O16P3S. The van der Waals surface area contributed by atoms with Crippen LogP contribution < -0.4 is 16.4 Å². The molecule has 2 amide bonds. The van der Waals surface area contributed by atoms with E-state index in [1.165, 1.54) is 13.8 Å². The normalized spacial score (nSPS) is 23.4. The molecule has 3 rings (SSSR count). The molecule has 1 saturated heterocycles. The Bertz CT molecular complexity index is 1590. The van der Waals surface area contributed by atoms with Crippen molar-refractivity contribution in [1.82, 2.24) is 30.2 Å². The number of phosphoric acid groups is 3. The van der Waals surface area contributed by atoms with Gasteiger partial charge in [-0.05, 0) is 0 Å². The van der Waals surface area contributed by atoms with Crippen LogP contribution in [0.3, 0.4) is 0 Å². The molecule has 272 valence electrons. The van der Waals surface area contributed by atoms with Gasteiger partial charge in [-0.1, -0.05) is 13.8 Å². The highest BCUT2D eigenvalue weighted by atomic mass is 32.1. The van der Waals surface area contributed by atoms with Crippen LogP contribution in [-0.2, 0) is 45.9 Å². The summed E-state index contributed by atoms with van der Waals surface area (Å²) >= 11 is 3.95. The summed E-state index contributed by atoms with van der Waals surface area (Å²) in [5.74, 6) is -0.943. The van der Waals surface area contributed by atoms with E-state index in [9.17, 15) is 53.1 Å². The Morgan fingerprint density at radius 1 is 1.10 bits per heavy atom. The molecule has 0 bridgehead atoms. The number of carbonyl (C=O) groups is 2. The Labute approximate surface area is 277 Å². The van der Waals surface area contributed by atoms with Crippen molar-refractivity contribution in [2.45, 2.75) is 50.9 Å². The lowest BCUT2D eigenvalue weighted by Crippen LogP contribution is -2.46.